The fourth-order valence-corrected chi connectivity index (χ4v) is 2.05. The number of nitrogens with zero attached hydrogens (tertiary/aromatic N) is 2. The lowest BCUT2D eigenvalue weighted by Gasteiger charge is -2.11. The maximum Gasteiger partial charge on any atom is 0.285 e. The Morgan fingerprint density at radius 1 is 1.21 bits per heavy atom. The minimum Gasteiger partial charge on any atom is -0.290 e. The summed E-state index contributed by atoms with van der Waals surface area (Å²) < 4.78 is 28.0. The van der Waals surface area contributed by atoms with E-state index in [9.17, 15) is 13.6 Å². The van der Waals surface area contributed by atoms with Gasteiger partial charge in [-0.15, -0.1) is 10.3 Å². The Kier molecular flexibility index (Phi) is 4.36. The van der Waals surface area contributed by atoms with Gasteiger partial charge in [-0.05, 0) is 29.3 Å². The molecule has 0 unspecified atom stereocenters. The Morgan fingerprint density at radius 2 is 1.88 bits per heavy atom. The molecule has 0 saturated carbocycles. The molecule has 0 atom stereocenters. The first-order chi connectivity index (χ1) is 11.6. The minimum absolute atomic E-state index is 0.146. The van der Waals surface area contributed by atoms with Crippen LogP contribution in [0.25, 0.3) is 0 Å². The molecule has 0 saturated heterocycles. The number of amides is 1. The van der Waals surface area contributed by atoms with Gasteiger partial charge < -0.3 is 0 Å². The van der Waals surface area contributed by atoms with Crippen LogP contribution in [0, 0.1) is 11.6 Å². The first kappa shape index (κ1) is 15.8. The summed E-state index contributed by atoms with van der Waals surface area (Å²) in [6.07, 6.45) is 0. The van der Waals surface area contributed by atoms with Crippen LogP contribution >= 0.6 is 0 Å². The maximum atomic E-state index is 14.0. The molecule has 2 N–H and O–H groups in total. The van der Waals surface area contributed by atoms with E-state index in [0.29, 0.717) is 5.56 Å². The summed E-state index contributed by atoms with van der Waals surface area (Å²) in [6, 6.07) is 10.4. The van der Waals surface area contributed by atoms with Gasteiger partial charge >= 0.3 is 0 Å². The highest BCUT2D eigenvalue weighted by molar-refractivity contribution is 5.94. The van der Waals surface area contributed by atoms with Gasteiger partial charge in [-0.25, -0.2) is 14.3 Å². The average Bonchev–Trinajstić information content (AvgIpc) is 3.06. The van der Waals surface area contributed by atoms with Crippen LogP contribution in [-0.2, 0) is 16.4 Å². The fraction of sp³-hybridized carbons (Fsp3) is 0.0667. The molecular weight excluding hydrogens is 324 g/mol. The summed E-state index contributed by atoms with van der Waals surface area (Å²) in [5.74, 6) is -2.85. The molecule has 1 amide bonds. The number of hydrogen-bond acceptors (Lipinski definition) is 6. The number of carbonyl (C=O) groups is 1. The zero-order valence-corrected chi connectivity index (χ0v) is 12.1. The van der Waals surface area contributed by atoms with Crippen molar-refractivity contribution in [2.45, 2.75) is 6.54 Å². The summed E-state index contributed by atoms with van der Waals surface area (Å²) in [5, 5.41) is 13.3. The van der Waals surface area contributed by atoms with Crippen LogP contribution in [0.2, 0.25) is 0 Å². The SMILES string of the molecule is O=C(NO)c1cc(F)c(CN2N=C(c3ccccc3)OO2)c(F)c1. The fourth-order valence-electron chi connectivity index (χ4n) is 2.05. The Balaban J connectivity index is 1.80. The summed E-state index contributed by atoms with van der Waals surface area (Å²) >= 11 is 0. The number of rotatable bonds is 4. The van der Waals surface area contributed by atoms with Crippen molar-refractivity contribution >= 4 is 11.8 Å². The second-order valence-corrected chi connectivity index (χ2v) is 4.80. The maximum absolute atomic E-state index is 14.0. The number of nitrogens with one attached hydrogen (secondary N) is 1. The van der Waals surface area contributed by atoms with Gasteiger partial charge in [0.2, 0.25) is 0 Å². The Labute approximate surface area is 134 Å². The van der Waals surface area contributed by atoms with Gasteiger partial charge in [-0.2, -0.15) is 0 Å². The highest BCUT2D eigenvalue weighted by Crippen LogP contribution is 2.21. The molecule has 0 fully saturated rings. The monoisotopic (exact) mass is 335 g/mol. The molecule has 1 aliphatic rings. The predicted octanol–water partition coefficient (Wildman–Crippen LogP) is 2.12. The molecule has 0 aromatic heterocycles. The Hall–Kier alpha value is -3.04. The van der Waals surface area contributed by atoms with Crippen molar-refractivity contribution in [1.82, 2.24) is 10.7 Å². The van der Waals surface area contributed by atoms with Crippen molar-refractivity contribution in [2.75, 3.05) is 0 Å². The highest BCUT2D eigenvalue weighted by Gasteiger charge is 2.23. The molecule has 0 spiro atoms. The van der Waals surface area contributed by atoms with E-state index in [1.54, 1.807) is 24.3 Å². The van der Waals surface area contributed by atoms with E-state index >= 15 is 0 Å². The minimum atomic E-state index is -1.02. The molecule has 7 nitrogen and oxygen atoms in total. The van der Waals surface area contributed by atoms with Crippen molar-refractivity contribution in [3.05, 3.63) is 70.8 Å². The van der Waals surface area contributed by atoms with Crippen LogP contribution in [0.1, 0.15) is 21.5 Å². The molecular formula is C15H11F2N3O4. The molecule has 24 heavy (non-hydrogen) atoms. The van der Waals surface area contributed by atoms with Crippen LogP contribution in [0.15, 0.2) is 47.6 Å². The number of benzene rings is 2. The van der Waals surface area contributed by atoms with Crippen LogP contribution in [-0.4, -0.2) is 22.2 Å². The molecule has 0 bridgehead atoms. The van der Waals surface area contributed by atoms with E-state index in [2.05, 4.69) is 5.10 Å². The standard InChI is InChI=1S/C15H11F2N3O4/c16-12-6-10(14(21)19-22)7-13(17)11(12)8-20-18-15(23-24-20)9-4-2-1-3-5-9/h1-7,22H,8H2,(H,19,21). The molecule has 2 aromatic carbocycles. The molecule has 9 heteroatoms. The van der Waals surface area contributed by atoms with Gasteiger partial charge in [0, 0.05) is 16.7 Å². The number of halogens is 2. The predicted molar refractivity (Wildman–Crippen MR) is 76.3 cm³/mol. The number of hydrogen-bond donors (Lipinski definition) is 2. The zero-order valence-electron chi connectivity index (χ0n) is 12.1. The van der Waals surface area contributed by atoms with Gasteiger partial charge in [0.05, 0.1) is 6.54 Å². The molecule has 2 aromatic rings. The van der Waals surface area contributed by atoms with Gasteiger partial charge in [0.1, 0.15) is 11.6 Å². The first-order valence-corrected chi connectivity index (χ1v) is 6.77. The van der Waals surface area contributed by atoms with E-state index in [1.807, 2.05) is 6.07 Å². The van der Waals surface area contributed by atoms with Gasteiger partial charge in [0.15, 0.2) is 0 Å². The Morgan fingerprint density at radius 3 is 2.50 bits per heavy atom. The van der Waals surface area contributed by atoms with Gasteiger partial charge in [-0.3, -0.25) is 14.9 Å². The van der Waals surface area contributed by atoms with Crippen molar-refractivity contribution < 1.29 is 28.7 Å². The summed E-state index contributed by atoms with van der Waals surface area (Å²) in [4.78, 5) is 20.9. The third-order valence-electron chi connectivity index (χ3n) is 3.22. The largest absolute Gasteiger partial charge is 0.290 e. The van der Waals surface area contributed by atoms with Gasteiger partial charge in [-0.1, -0.05) is 18.2 Å². The van der Waals surface area contributed by atoms with Crippen LogP contribution < -0.4 is 5.48 Å². The van der Waals surface area contributed by atoms with Crippen molar-refractivity contribution in [3.8, 4) is 0 Å². The third-order valence-corrected chi connectivity index (χ3v) is 3.22. The second kappa shape index (κ2) is 6.60. The van der Waals surface area contributed by atoms with E-state index in [-0.39, 0.29) is 23.6 Å². The van der Waals surface area contributed by atoms with Crippen molar-refractivity contribution in [2.24, 2.45) is 5.10 Å². The summed E-state index contributed by atoms with van der Waals surface area (Å²) in [7, 11) is 0. The van der Waals surface area contributed by atoms with E-state index in [4.69, 9.17) is 15.1 Å². The lowest BCUT2D eigenvalue weighted by atomic mass is 10.1. The van der Waals surface area contributed by atoms with Crippen LogP contribution in [0.3, 0.4) is 0 Å². The van der Waals surface area contributed by atoms with Crippen LogP contribution in [0.4, 0.5) is 8.78 Å². The molecule has 3 rings (SSSR count). The topological polar surface area (TPSA) is 83.4 Å². The normalized spacial score (nSPS) is 13.5. The average molecular weight is 335 g/mol. The van der Waals surface area contributed by atoms with E-state index in [0.717, 1.165) is 17.3 Å². The quantitative estimate of drug-likeness (QED) is 0.508. The molecule has 0 radical (unpaired) electrons. The number of hydrazone groups is 1. The summed E-state index contributed by atoms with van der Waals surface area (Å²) in [5.41, 5.74) is 1.21. The molecule has 124 valence electrons. The lowest BCUT2D eigenvalue weighted by molar-refractivity contribution is -0.360. The third kappa shape index (κ3) is 3.16. The first-order valence-electron chi connectivity index (χ1n) is 6.77. The van der Waals surface area contributed by atoms with E-state index in [1.165, 1.54) is 5.48 Å². The highest BCUT2D eigenvalue weighted by atomic mass is 19.1. The molecule has 1 heterocycles. The van der Waals surface area contributed by atoms with Crippen molar-refractivity contribution in [3.63, 3.8) is 0 Å². The molecule has 1 aliphatic heterocycles. The van der Waals surface area contributed by atoms with Crippen molar-refractivity contribution in [1.29, 1.82) is 0 Å². The van der Waals surface area contributed by atoms with Gasteiger partial charge in [0.25, 0.3) is 11.8 Å². The molecule has 0 aliphatic carbocycles. The summed E-state index contributed by atoms with van der Waals surface area (Å²) in [6.45, 7) is -0.380. The smallest absolute Gasteiger partial charge is 0.285 e. The number of hydroxylamine groups is 2. The zero-order chi connectivity index (χ0) is 17.1. The number of carbonyl (C=O) groups excluding carboxylic acids is 1. The van der Waals surface area contributed by atoms with Crippen LogP contribution in [0.5, 0.6) is 0 Å². The van der Waals surface area contributed by atoms with E-state index < -0.39 is 17.5 Å². The lowest BCUT2D eigenvalue weighted by Crippen LogP contribution is -2.20. The Bertz CT molecular complexity index is 776. The second-order valence-electron chi connectivity index (χ2n) is 4.80.